The zero-order chi connectivity index (χ0) is 16.9. The number of carbonyl (C=O) groups excluding carboxylic acids is 1. The Morgan fingerprint density at radius 3 is 2.84 bits per heavy atom. The lowest BCUT2D eigenvalue weighted by molar-refractivity contribution is -0.120. The van der Waals surface area contributed by atoms with Crippen molar-refractivity contribution in [1.82, 2.24) is 10.3 Å². The van der Waals surface area contributed by atoms with E-state index in [4.69, 9.17) is 14.2 Å². The Hall–Kier alpha value is -1.87. The van der Waals surface area contributed by atoms with Crippen LogP contribution >= 0.6 is 23.7 Å². The van der Waals surface area contributed by atoms with E-state index in [1.807, 2.05) is 23.6 Å². The third-order valence-electron chi connectivity index (χ3n) is 3.65. The number of carbonyl (C=O) groups is 1. The van der Waals surface area contributed by atoms with Gasteiger partial charge in [0.1, 0.15) is 6.04 Å². The molecule has 1 aromatic carbocycles. The molecule has 2 heterocycles. The quantitative estimate of drug-likeness (QED) is 0.821. The highest BCUT2D eigenvalue weighted by Crippen LogP contribution is 2.33. The summed E-state index contributed by atoms with van der Waals surface area (Å²) in [5, 5.41) is 8.38. The van der Waals surface area contributed by atoms with Gasteiger partial charge in [-0.2, -0.15) is 0 Å². The summed E-state index contributed by atoms with van der Waals surface area (Å²) in [6, 6.07) is 5.25. The number of halogens is 1. The van der Waals surface area contributed by atoms with Crippen molar-refractivity contribution in [3.8, 4) is 22.8 Å². The fourth-order valence-electron chi connectivity index (χ4n) is 2.39. The van der Waals surface area contributed by atoms with Crippen molar-refractivity contribution in [2.24, 2.45) is 0 Å². The molecule has 0 spiro atoms. The molecule has 7 nitrogen and oxygen atoms in total. The van der Waals surface area contributed by atoms with Crippen molar-refractivity contribution in [3.63, 3.8) is 0 Å². The first-order valence-electron chi connectivity index (χ1n) is 7.51. The van der Waals surface area contributed by atoms with Gasteiger partial charge >= 0.3 is 0 Å². The Morgan fingerprint density at radius 1 is 1.36 bits per heavy atom. The zero-order valence-electron chi connectivity index (χ0n) is 13.9. The van der Waals surface area contributed by atoms with Crippen LogP contribution in [0.15, 0.2) is 23.6 Å². The molecule has 1 fully saturated rings. The maximum absolute atomic E-state index is 12.2. The summed E-state index contributed by atoms with van der Waals surface area (Å²) in [6.45, 7) is 1.68. The molecule has 1 amide bonds. The molecule has 1 atom stereocenters. The second-order valence-electron chi connectivity index (χ2n) is 5.18. The first kappa shape index (κ1) is 19.5. The molecular formula is C16H20ClN3O4S. The van der Waals surface area contributed by atoms with Crippen molar-refractivity contribution in [2.75, 3.05) is 39.3 Å². The van der Waals surface area contributed by atoms with E-state index in [0.29, 0.717) is 36.4 Å². The van der Waals surface area contributed by atoms with E-state index in [-0.39, 0.29) is 24.4 Å². The van der Waals surface area contributed by atoms with Gasteiger partial charge in [-0.3, -0.25) is 4.79 Å². The smallest absolute Gasteiger partial charge is 0.245 e. The summed E-state index contributed by atoms with van der Waals surface area (Å²) in [5.41, 5.74) is 1.66. The molecule has 1 saturated heterocycles. The number of methoxy groups -OCH3 is 2. The highest BCUT2D eigenvalue weighted by atomic mass is 35.5. The molecule has 9 heteroatoms. The number of nitrogens with zero attached hydrogens (tertiary/aromatic N) is 1. The van der Waals surface area contributed by atoms with Crippen LogP contribution in [0.3, 0.4) is 0 Å². The third kappa shape index (κ3) is 4.60. The lowest BCUT2D eigenvalue weighted by Gasteiger charge is -2.22. The maximum Gasteiger partial charge on any atom is 0.245 e. The highest BCUT2D eigenvalue weighted by Gasteiger charge is 2.22. The second-order valence-corrected chi connectivity index (χ2v) is 6.04. The van der Waals surface area contributed by atoms with Crippen LogP contribution in [0.4, 0.5) is 5.13 Å². The van der Waals surface area contributed by atoms with Crippen molar-refractivity contribution in [3.05, 3.63) is 23.6 Å². The van der Waals surface area contributed by atoms with Gasteiger partial charge < -0.3 is 24.8 Å². The molecular weight excluding hydrogens is 366 g/mol. The molecule has 25 heavy (non-hydrogen) atoms. The van der Waals surface area contributed by atoms with Crippen LogP contribution in [0, 0.1) is 0 Å². The number of morpholine rings is 1. The van der Waals surface area contributed by atoms with Crippen LogP contribution < -0.4 is 20.1 Å². The van der Waals surface area contributed by atoms with Crippen molar-refractivity contribution >= 4 is 34.8 Å². The molecule has 3 rings (SSSR count). The minimum absolute atomic E-state index is 0. The number of amides is 1. The van der Waals surface area contributed by atoms with Crippen LogP contribution in [-0.4, -0.2) is 50.9 Å². The van der Waals surface area contributed by atoms with Gasteiger partial charge in [0, 0.05) is 17.5 Å². The minimum Gasteiger partial charge on any atom is -0.493 e. The van der Waals surface area contributed by atoms with Gasteiger partial charge in [0.15, 0.2) is 16.6 Å². The number of thiazole rings is 1. The summed E-state index contributed by atoms with van der Waals surface area (Å²) in [4.78, 5) is 16.6. The van der Waals surface area contributed by atoms with Crippen LogP contribution in [0.25, 0.3) is 11.3 Å². The minimum atomic E-state index is -0.341. The number of anilines is 1. The molecule has 0 saturated carbocycles. The molecule has 0 radical (unpaired) electrons. The Kier molecular flexibility index (Phi) is 7.01. The average Bonchev–Trinajstić information content (AvgIpc) is 3.10. The SMILES string of the molecule is COc1ccc(-c2csc(NC(=O)C3COCCN3)n2)cc1OC.Cl. The zero-order valence-corrected chi connectivity index (χ0v) is 15.5. The van der Waals surface area contributed by atoms with E-state index in [0.717, 1.165) is 11.3 Å². The van der Waals surface area contributed by atoms with Crippen LogP contribution in [0.1, 0.15) is 0 Å². The van der Waals surface area contributed by atoms with E-state index < -0.39 is 0 Å². The largest absolute Gasteiger partial charge is 0.493 e. The first-order chi connectivity index (χ1) is 11.7. The van der Waals surface area contributed by atoms with E-state index in [2.05, 4.69) is 15.6 Å². The number of hydrogen-bond acceptors (Lipinski definition) is 7. The molecule has 1 aliphatic rings. The first-order valence-corrected chi connectivity index (χ1v) is 8.39. The number of ether oxygens (including phenoxy) is 3. The summed E-state index contributed by atoms with van der Waals surface area (Å²) in [6.07, 6.45) is 0. The fourth-order valence-corrected chi connectivity index (χ4v) is 3.11. The number of benzene rings is 1. The average molecular weight is 386 g/mol. The molecule has 0 bridgehead atoms. The topological polar surface area (TPSA) is 81.7 Å². The normalized spacial score (nSPS) is 16.6. The van der Waals surface area contributed by atoms with Crippen molar-refractivity contribution in [2.45, 2.75) is 6.04 Å². The molecule has 1 unspecified atom stereocenters. The van der Waals surface area contributed by atoms with Crippen LogP contribution in [0.5, 0.6) is 11.5 Å². The number of rotatable bonds is 5. The van der Waals surface area contributed by atoms with Crippen molar-refractivity contribution in [1.29, 1.82) is 0 Å². The predicted octanol–water partition coefficient (Wildman–Crippen LogP) is 2.18. The lowest BCUT2D eigenvalue weighted by atomic mass is 10.1. The van der Waals surface area contributed by atoms with Crippen LogP contribution in [-0.2, 0) is 9.53 Å². The fraction of sp³-hybridized carbons (Fsp3) is 0.375. The van der Waals surface area contributed by atoms with E-state index in [1.54, 1.807) is 14.2 Å². The van der Waals surface area contributed by atoms with Gasteiger partial charge in [0.2, 0.25) is 5.91 Å². The maximum atomic E-state index is 12.2. The molecule has 2 N–H and O–H groups in total. The van der Waals surface area contributed by atoms with E-state index in [9.17, 15) is 4.79 Å². The number of hydrogen-bond donors (Lipinski definition) is 2. The van der Waals surface area contributed by atoms with Gasteiger partial charge in [-0.25, -0.2) is 4.98 Å². The van der Waals surface area contributed by atoms with E-state index >= 15 is 0 Å². The van der Waals surface area contributed by atoms with Crippen LogP contribution in [0.2, 0.25) is 0 Å². The van der Waals surface area contributed by atoms with Gasteiger partial charge in [0.05, 0.1) is 33.1 Å². The predicted molar refractivity (Wildman–Crippen MR) is 99.1 cm³/mol. The summed E-state index contributed by atoms with van der Waals surface area (Å²) >= 11 is 1.38. The molecule has 2 aromatic rings. The number of nitrogens with one attached hydrogen (secondary N) is 2. The molecule has 0 aliphatic carbocycles. The molecule has 1 aliphatic heterocycles. The lowest BCUT2D eigenvalue weighted by Crippen LogP contribution is -2.48. The van der Waals surface area contributed by atoms with Gasteiger partial charge in [-0.1, -0.05) is 0 Å². The Bertz CT molecular complexity index is 719. The number of aromatic nitrogens is 1. The summed E-state index contributed by atoms with van der Waals surface area (Å²) < 4.78 is 15.8. The summed E-state index contributed by atoms with van der Waals surface area (Å²) in [5.74, 6) is 1.16. The van der Waals surface area contributed by atoms with Gasteiger partial charge in [-0.15, -0.1) is 23.7 Å². The second kappa shape index (κ2) is 9.00. The Balaban J connectivity index is 0.00000225. The Morgan fingerprint density at radius 2 is 2.16 bits per heavy atom. The highest BCUT2D eigenvalue weighted by molar-refractivity contribution is 7.14. The molecule has 1 aromatic heterocycles. The molecule has 136 valence electrons. The van der Waals surface area contributed by atoms with Crippen molar-refractivity contribution < 1.29 is 19.0 Å². The van der Waals surface area contributed by atoms with Gasteiger partial charge in [-0.05, 0) is 18.2 Å². The Labute approximate surface area is 156 Å². The standard InChI is InChI=1S/C16H19N3O4S.ClH/c1-21-13-4-3-10(7-14(13)22-2)12-9-24-16(18-12)19-15(20)11-8-23-6-5-17-11;/h3-4,7,9,11,17H,5-6,8H2,1-2H3,(H,18,19,20);1H. The monoisotopic (exact) mass is 385 g/mol. The third-order valence-corrected chi connectivity index (χ3v) is 4.41. The summed E-state index contributed by atoms with van der Waals surface area (Å²) in [7, 11) is 3.19. The van der Waals surface area contributed by atoms with E-state index in [1.165, 1.54) is 11.3 Å². The van der Waals surface area contributed by atoms with Gasteiger partial charge in [0.25, 0.3) is 0 Å².